The van der Waals surface area contributed by atoms with Gasteiger partial charge in [0.1, 0.15) is 0 Å². The fraction of sp³-hybridized carbons (Fsp3) is 0.308. The molecule has 0 aliphatic carbocycles. The van der Waals surface area contributed by atoms with Gasteiger partial charge in [0.25, 0.3) is 4.84 Å². The number of benzene rings is 1. The fourth-order valence-electron chi connectivity index (χ4n) is 1.69. The van der Waals surface area contributed by atoms with E-state index in [-0.39, 0.29) is 11.3 Å². The van der Waals surface area contributed by atoms with Gasteiger partial charge in [0.15, 0.2) is 0 Å². The zero-order chi connectivity index (χ0) is 15.2. The van der Waals surface area contributed by atoms with Crippen molar-refractivity contribution in [2.45, 2.75) is 19.5 Å². The SMILES string of the molecule is O=C(O)CCCNCn1nc(-c2cccc(Br)c2)oc1=S. The van der Waals surface area contributed by atoms with Crippen LogP contribution in [0.1, 0.15) is 12.8 Å². The number of hydrogen-bond donors (Lipinski definition) is 2. The minimum absolute atomic E-state index is 0.139. The predicted molar refractivity (Wildman–Crippen MR) is 83.3 cm³/mol. The quantitative estimate of drug-likeness (QED) is 0.575. The van der Waals surface area contributed by atoms with Gasteiger partial charge in [-0.1, -0.05) is 22.0 Å². The summed E-state index contributed by atoms with van der Waals surface area (Å²) in [6.07, 6.45) is 0.694. The Morgan fingerprint density at radius 1 is 1.52 bits per heavy atom. The summed E-state index contributed by atoms with van der Waals surface area (Å²) in [6, 6.07) is 7.58. The van der Waals surface area contributed by atoms with Gasteiger partial charge in [-0.15, -0.1) is 5.10 Å². The highest BCUT2D eigenvalue weighted by molar-refractivity contribution is 9.10. The van der Waals surface area contributed by atoms with Crippen LogP contribution in [0, 0.1) is 4.84 Å². The molecule has 112 valence electrons. The molecule has 0 radical (unpaired) electrons. The minimum Gasteiger partial charge on any atom is -0.481 e. The summed E-state index contributed by atoms with van der Waals surface area (Å²) >= 11 is 8.51. The Morgan fingerprint density at radius 3 is 3.05 bits per heavy atom. The Labute approximate surface area is 134 Å². The first-order valence-electron chi connectivity index (χ1n) is 6.32. The van der Waals surface area contributed by atoms with Crippen LogP contribution >= 0.6 is 28.1 Å². The van der Waals surface area contributed by atoms with Gasteiger partial charge in [-0.3, -0.25) is 10.1 Å². The van der Waals surface area contributed by atoms with Crippen molar-refractivity contribution in [3.8, 4) is 11.5 Å². The van der Waals surface area contributed by atoms with E-state index in [0.717, 1.165) is 10.0 Å². The summed E-state index contributed by atoms with van der Waals surface area (Å²) in [6.45, 7) is 0.961. The summed E-state index contributed by atoms with van der Waals surface area (Å²) in [4.78, 5) is 10.7. The van der Waals surface area contributed by atoms with Crippen LogP contribution < -0.4 is 5.32 Å². The molecule has 2 rings (SSSR count). The highest BCUT2D eigenvalue weighted by Crippen LogP contribution is 2.21. The number of aliphatic carboxylic acids is 1. The molecule has 1 heterocycles. The van der Waals surface area contributed by atoms with E-state index in [2.05, 4.69) is 26.3 Å². The molecule has 0 atom stereocenters. The van der Waals surface area contributed by atoms with Crippen LogP contribution in [0.3, 0.4) is 0 Å². The zero-order valence-corrected chi connectivity index (χ0v) is 13.5. The van der Waals surface area contributed by atoms with E-state index in [0.29, 0.717) is 25.5 Å². The number of rotatable bonds is 7. The first-order chi connectivity index (χ1) is 10.1. The third kappa shape index (κ3) is 4.76. The second-order valence-electron chi connectivity index (χ2n) is 4.34. The molecule has 1 aromatic heterocycles. The molecule has 0 aliphatic heterocycles. The normalized spacial score (nSPS) is 10.7. The van der Waals surface area contributed by atoms with Crippen molar-refractivity contribution in [1.29, 1.82) is 0 Å². The number of carbonyl (C=O) groups is 1. The average molecular weight is 372 g/mol. The van der Waals surface area contributed by atoms with E-state index >= 15 is 0 Å². The molecular weight excluding hydrogens is 358 g/mol. The Kier molecular flexibility index (Phi) is 5.66. The van der Waals surface area contributed by atoms with Crippen LogP contribution in [0.2, 0.25) is 0 Å². The number of halogens is 1. The van der Waals surface area contributed by atoms with E-state index in [1.807, 2.05) is 24.3 Å². The maximum atomic E-state index is 10.4. The smallest absolute Gasteiger partial charge is 0.303 e. The summed E-state index contributed by atoms with van der Waals surface area (Å²) in [5.74, 6) is -0.347. The lowest BCUT2D eigenvalue weighted by molar-refractivity contribution is -0.137. The maximum absolute atomic E-state index is 10.4. The van der Waals surface area contributed by atoms with Crippen molar-refractivity contribution in [3.05, 3.63) is 33.6 Å². The second-order valence-corrected chi connectivity index (χ2v) is 5.60. The number of hydrogen-bond acceptors (Lipinski definition) is 5. The molecule has 0 bridgehead atoms. The summed E-state index contributed by atoms with van der Waals surface area (Å²) < 4.78 is 7.93. The number of carboxylic acid groups (broad SMARTS) is 1. The second kappa shape index (κ2) is 7.48. The molecule has 6 nitrogen and oxygen atoms in total. The first kappa shape index (κ1) is 15.9. The molecule has 21 heavy (non-hydrogen) atoms. The predicted octanol–water partition coefficient (Wildman–Crippen LogP) is 3.05. The molecular formula is C13H14BrN3O3S. The van der Waals surface area contributed by atoms with E-state index in [1.165, 1.54) is 4.68 Å². The van der Waals surface area contributed by atoms with Crippen LogP contribution in [0.25, 0.3) is 11.5 Å². The molecule has 2 N–H and O–H groups in total. The fourth-order valence-corrected chi connectivity index (χ4v) is 2.28. The number of carboxylic acids is 1. The van der Waals surface area contributed by atoms with Crippen LogP contribution in [0.15, 0.2) is 33.2 Å². The van der Waals surface area contributed by atoms with Crippen LogP contribution in [-0.2, 0) is 11.5 Å². The van der Waals surface area contributed by atoms with Crippen molar-refractivity contribution in [2.24, 2.45) is 0 Å². The third-order valence-electron chi connectivity index (χ3n) is 2.68. The topological polar surface area (TPSA) is 80.3 Å². The Morgan fingerprint density at radius 2 is 2.33 bits per heavy atom. The number of nitrogens with zero attached hydrogens (tertiary/aromatic N) is 2. The van der Waals surface area contributed by atoms with Crippen molar-refractivity contribution < 1.29 is 14.3 Å². The maximum Gasteiger partial charge on any atom is 0.303 e. The summed E-state index contributed by atoms with van der Waals surface area (Å²) in [7, 11) is 0. The first-order valence-corrected chi connectivity index (χ1v) is 7.53. The van der Waals surface area contributed by atoms with Gasteiger partial charge in [0.2, 0.25) is 5.89 Å². The lowest BCUT2D eigenvalue weighted by atomic mass is 10.2. The van der Waals surface area contributed by atoms with Crippen LogP contribution in [-0.4, -0.2) is 27.4 Å². The Hall–Kier alpha value is -1.51. The highest BCUT2D eigenvalue weighted by Gasteiger charge is 2.08. The van der Waals surface area contributed by atoms with Gasteiger partial charge in [-0.2, -0.15) is 0 Å². The number of aromatic nitrogens is 2. The molecule has 0 fully saturated rings. The molecule has 0 aliphatic rings. The third-order valence-corrected chi connectivity index (χ3v) is 3.47. The molecule has 8 heteroatoms. The van der Waals surface area contributed by atoms with E-state index in [1.54, 1.807) is 0 Å². The molecule has 0 unspecified atom stereocenters. The lowest BCUT2D eigenvalue weighted by Crippen LogP contribution is -2.21. The van der Waals surface area contributed by atoms with Gasteiger partial charge in [-0.25, -0.2) is 4.68 Å². The van der Waals surface area contributed by atoms with Gasteiger partial charge in [-0.05, 0) is 43.4 Å². The van der Waals surface area contributed by atoms with Crippen LogP contribution in [0.5, 0.6) is 0 Å². The van der Waals surface area contributed by atoms with Gasteiger partial charge in [0, 0.05) is 16.5 Å². The molecule has 0 saturated carbocycles. The van der Waals surface area contributed by atoms with Crippen molar-refractivity contribution in [3.63, 3.8) is 0 Å². The van der Waals surface area contributed by atoms with Crippen molar-refractivity contribution in [1.82, 2.24) is 15.1 Å². The monoisotopic (exact) mass is 371 g/mol. The molecule has 0 amide bonds. The summed E-state index contributed by atoms with van der Waals surface area (Å²) in [5, 5.41) is 15.9. The molecule has 0 spiro atoms. The standard InChI is InChI=1S/C13H14BrN3O3S/c14-10-4-1-3-9(7-10)12-16-17(13(21)20-12)8-15-6-2-5-11(18)19/h1,3-4,7,15H,2,5-6,8H2,(H,18,19). The minimum atomic E-state index is -0.799. The molecule has 1 aromatic carbocycles. The Bertz CT molecular complexity index is 683. The molecule has 2 aromatic rings. The van der Waals surface area contributed by atoms with E-state index in [9.17, 15) is 4.79 Å². The van der Waals surface area contributed by atoms with Crippen LogP contribution in [0.4, 0.5) is 0 Å². The van der Waals surface area contributed by atoms with Crippen molar-refractivity contribution >= 4 is 34.1 Å². The Balaban J connectivity index is 1.96. The zero-order valence-electron chi connectivity index (χ0n) is 11.1. The van der Waals surface area contributed by atoms with Crippen molar-refractivity contribution in [2.75, 3.05) is 6.54 Å². The largest absolute Gasteiger partial charge is 0.481 e. The molecule has 0 saturated heterocycles. The van der Waals surface area contributed by atoms with E-state index < -0.39 is 5.97 Å². The number of nitrogens with one attached hydrogen (secondary N) is 1. The van der Waals surface area contributed by atoms with Gasteiger partial charge < -0.3 is 9.52 Å². The van der Waals surface area contributed by atoms with Gasteiger partial charge >= 0.3 is 5.97 Å². The van der Waals surface area contributed by atoms with E-state index in [4.69, 9.17) is 21.7 Å². The average Bonchev–Trinajstić information content (AvgIpc) is 2.80. The highest BCUT2D eigenvalue weighted by atomic mass is 79.9. The summed E-state index contributed by atoms with van der Waals surface area (Å²) in [5.41, 5.74) is 0.833. The lowest BCUT2D eigenvalue weighted by Gasteiger charge is -2.02. The van der Waals surface area contributed by atoms with Gasteiger partial charge in [0.05, 0.1) is 6.67 Å².